The van der Waals surface area contributed by atoms with Gasteiger partial charge in [-0.15, -0.1) is 0 Å². The van der Waals surface area contributed by atoms with Crippen LogP contribution in [0.1, 0.15) is 49.6 Å². The van der Waals surface area contributed by atoms with Gasteiger partial charge in [-0.05, 0) is 50.4 Å². The van der Waals surface area contributed by atoms with Gasteiger partial charge in [0.15, 0.2) is 11.6 Å². The van der Waals surface area contributed by atoms with Crippen LogP contribution >= 0.6 is 0 Å². The number of carbonyl (C=O) groups is 3. The number of amides is 1. The number of imidazole rings is 1. The maximum absolute atomic E-state index is 14.1. The standard InChI is InChI=1S/C31H39N5O6/c1-31(2,3)19-12-36(13-33-19)11-15-10-18(34(4)5)16-8-14-9-17-22(27(39)20(14)26(38)21(16)25(15)37)28(40)23(30(32)42)29(41)24(17)35(6)7/h10,12-14,17,22,24,37-38,41H,8-9,11H2,1-7H3,(H2,32,42). The molecule has 4 atom stereocenters. The fraction of sp³-hybridized carbons (Fsp3) is 0.484. The van der Waals surface area contributed by atoms with Gasteiger partial charge in [0.05, 0.1) is 36.1 Å². The first-order valence-electron chi connectivity index (χ1n) is 14.0. The van der Waals surface area contributed by atoms with Gasteiger partial charge in [-0.1, -0.05) is 20.8 Å². The highest BCUT2D eigenvalue weighted by atomic mass is 16.3. The molecule has 0 aliphatic heterocycles. The number of Topliss-reactive ketones (excluding diaryl/α,β-unsaturated/α-hetero) is 2. The van der Waals surface area contributed by atoms with E-state index in [1.54, 1.807) is 25.3 Å². The zero-order chi connectivity index (χ0) is 31.0. The van der Waals surface area contributed by atoms with E-state index >= 15 is 0 Å². The topological polar surface area (TPSA) is 162 Å². The number of aromatic nitrogens is 2. The van der Waals surface area contributed by atoms with Gasteiger partial charge in [0, 0.05) is 42.5 Å². The first kappa shape index (κ1) is 29.4. The molecule has 2 aromatic rings. The molecule has 3 aliphatic rings. The maximum atomic E-state index is 14.1. The van der Waals surface area contributed by atoms with Crippen molar-refractivity contribution in [3.05, 3.63) is 57.9 Å². The molecule has 224 valence electrons. The zero-order valence-electron chi connectivity index (χ0n) is 25.1. The number of likely N-dealkylation sites (N-methyl/N-ethyl adjacent to an activating group) is 1. The van der Waals surface area contributed by atoms with Crippen molar-refractivity contribution in [1.82, 2.24) is 14.5 Å². The average Bonchev–Trinajstić information content (AvgIpc) is 3.34. The van der Waals surface area contributed by atoms with E-state index in [0.717, 1.165) is 11.4 Å². The Morgan fingerprint density at radius 3 is 2.33 bits per heavy atom. The monoisotopic (exact) mass is 577 g/mol. The fourth-order valence-electron chi connectivity index (χ4n) is 6.92. The molecular weight excluding hydrogens is 538 g/mol. The van der Waals surface area contributed by atoms with Gasteiger partial charge >= 0.3 is 0 Å². The number of primary amides is 1. The van der Waals surface area contributed by atoms with Crippen LogP contribution in [0.15, 0.2) is 35.5 Å². The second kappa shape index (κ2) is 10.0. The smallest absolute Gasteiger partial charge is 0.255 e. The van der Waals surface area contributed by atoms with E-state index in [-0.39, 0.29) is 34.6 Å². The van der Waals surface area contributed by atoms with Crippen LogP contribution in [0.25, 0.3) is 5.76 Å². The minimum atomic E-state index is -1.29. The fourth-order valence-corrected chi connectivity index (χ4v) is 6.92. The normalized spacial score (nSPS) is 24.1. The van der Waals surface area contributed by atoms with Gasteiger partial charge in [0.1, 0.15) is 22.8 Å². The van der Waals surface area contributed by atoms with Crippen molar-refractivity contribution in [1.29, 1.82) is 0 Å². The molecule has 1 aromatic carbocycles. The van der Waals surface area contributed by atoms with Gasteiger partial charge in [-0.25, -0.2) is 4.98 Å². The number of benzene rings is 1. The van der Waals surface area contributed by atoms with Gasteiger partial charge in [0.2, 0.25) is 0 Å². The molecule has 0 bridgehead atoms. The summed E-state index contributed by atoms with van der Waals surface area (Å²) in [4.78, 5) is 47.7. The Kier molecular flexibility index (Phi) is 7.00. The number of aliphatic hydroxyl groups is 2. The van der Waals surface area contributed by atoms with E-state index in [0.29, 0.717) is 24.0 Å². The van der Waals surface area contributed by atoms with Crippen LogP contribution in [0.4, 0.5) is 5.69 Å². The van der Waals surface area contributed by atoms with Crippen LogP contribution in [0.3, 0.4) is 0 Å². The number of allylic oxidation sites excluding steroid dienone is 1. The Morgan fingerprint density at radius 1 is 1.12 bits per heavy atom. The number of nitrogens with two attached hydrogens (primary N) is 1. The number of anilines is 1. The molecule has 1 amide bonds. The summed E-state index contributed by atoms with van der Waals surface area (Å²) in [7, 11) is 7.15. The number of fused-ring (bicyclic) bond motifs is 3. The average molecular weight is 578 g/mol. The summed E-state index contributed by atoms with van der Waals surface area (Å²) >= 11 is 0. The first-order chi connectivity index (χ1) is 19.5. The molecule has 42 heavy (non-hydrogen) atoms. The third-order valence-electron chi connectivity index (χ3n) is 8.86. The van der Waals surface area contributed by atoms with Gasteiger partial charge in [-0.3, -0.25) is 19.3 Å². The number of aromatic hydroxyl groups is 1. The Bertz CT molecular complexity index is 1570. The van der Waals surface area contributed by atoms with E-state index < -0.39 is 52.6 Å². The van der Waals surface area contributed by atoms with E-state index in [9.17, 15) is 29.7 Å². The van der Waals surface area contributed by atoms with Crippen molar-refractivity contribution < 1.29 is 29.7 Å². The SMILES string of the molecule is CN(C)c1cc(Cn2cnc(C(C)(C)C)c2)c(O)c2c1CC1CC3C(C(=O)C(C(N)=O)=C(O)C3N(C)C)C(=O)C1=C2O. The molecule has 0 radical (unpaired) electrons. The summed E-state index contributed by atoms with van der Waals surface area (Å²) in [5.74, 6) is -5.84. The molecule has 5 rings (SSSR count). The number of hydrogen-bond donors (Lipinski definition) is 4. The Morgan fingerprint density at radius 2 is 1.79 bits per heavy atom. The lowest BCUT2D eigenvalue weighted by Gasteiger charge is -2.46. The van der Waals surface area contributed by atoms with Crippen molar-refractivity contribution in [3.63, 3.8) is 0 Å². The summed E-state index contributed by atoms with van der Waals surface area (Å²) < 4.78 is 1.86. The van der Waals surface area contributed by atoms with Crippen LogP contribution in [-0.2, 0) is 32.8 Å². The lowest BCUT2D eigenvalue weighted by atomic mass is 9.59. The molecule has 11 nitrogen and oxygen atoms in total. The number of rotatable bonds is 5. The van der Waals surface area contributed by atoms with Crippen molar-refractivity contribution in [3.8, 4) is 5.75 Å². The number of aliphatic hydroxyl groups excluding tert-OH is 2. The third-order valence-corrected chi connectivity index (χ3v) is 8.86. The number of carbonyl (C=O) groups excluding carboxylic acids is 3. The number of nitrogens with zero attached hydrogens (tertiary/aromatic N) is 4. The van der Waals surface area contributed by atoms with Crippen molar-refractivity contribution in [2.45, 2.75) is 51.6 Å². The van der Waals surface area contributed by atoms with Crippen LogP contribution in [0.2, 0.25) is 0 Å². The van der Waals surface area contributed by atoms with Crippen LogP contribution < -0.4 is 10.6 Å². The summed E-state index contributed by atoms with van der Waals surface area (Å²) in [6.07, 6.45) is 4.26. The van der Waals surface area contributed by atoms with Crippen LogP contribution in [0, 0.1) is 17.8 Å². The van der Waals surface area contributed by atoms with Crippen molar-refractivity contribution >= 4 is 28.9 Å². The Balaban J connectivity index is 1.64. The molecule has 1 saturated carbocycles. The summed E-state index contributed by atoms with van der Waals surface area (Å²) in [6.45, 7) is 6.47. The zero-order valence-corrected chi connectivity index (χ0v) is 25.1. The summed E-state index contributed by atoms with van der Waals surface area (Å²) in [5.41, 5.74) is 7.88. The number of ketones is 2. The molecule has 1 fully saturated rings. The largest absolute Gasteiger partial charge is 0.510 e. The van der Waals surface area contributed by atoms with E-state index in [1.165, 1.54) is 0 Å². The van der Waals surface area contributed by atoms with Crippen molar-refractivity contribution in [2.24, 2.45) is 23.5 Å². The van der Waals surface area contributed by atoms with Gasteiger partial charge < -0.3 is 30.5 Å². The van der Waals surface area contributed by atoms with Crippen LogP contribution in [0.5, 0.6) is 5.75 Å². The summed E-state index contributed by atoms with van der Waals surface area (Å²) in [5, 5.41) is 34.1. The molecule has 0 saturated heterocycles. The lowest BCUT2D eigenvalue weighted by Crippen LogP contribution is -2.55. The molecule has 3 aliphatic carbocycles. The predicted molar refractivity (Wildman–Crippen MR) is 157 cm³/mol. The highest BCUT2D eigenvalue weighted by Gasteiger charge is 2.56. The first-order valence-corrected chi connectivity index (χ1v) is 14.0. The van der Waals surface area contributed by atoms with Gasteiger partial charge in [0.25, 0.3) is 5.91 Å². The second-order valence-corrected chi connectivity index (χ2v) is 13.1. The van der Waals surface area contributed by atoms with E-state index in [1.807, 2.05) is 35.8 Å². The Labute approximate surface area is 244 Å². The Hall–Kier alpha value is -4.12. The number of phenols is 1. The highest BCUT2D eigenvalue weighted by Crippen LogP contribution is 2.52. The maximum Gasteiger partial charge on any atom is 0.255 e. The number of hydrogen-bond acceptors (Lipinski definition) is 9. The minimum absolute atomic E-state index is 0.0645. The lowest BCUT2D eigenvalue weighted by molar-refractivity contribution is -0.136. The van der Waals surface area contributed by atoms with Crippen LogP contribution in [-0.4, -0.2) is 81.5 Å². The third kappa shape index (κ3) is 4.46. The molecule has 5 N–H and O–H groups in total. The molecule has 4 unspecified atom stereocenters. The molecule has 1 heterocycles. The second-order valence-electron chi connectivity index (χ2n) is 13.1. The molecule has 11 heteroatoms. The van der Waals surface area contributed by atoms with E-state index in [2.05, 4.69) is 25.8 Å². The van der Waals surface area contributed by atoms with Gasteiger partial charge in [-0.2, -0.15) is 0 Å². The molecular formula is C31H39N5O6. The summed E-state index contributed by atoms with van der Waals surface area (Å²) in [6, 6.07) is 1.11. The van der Waals surface area contributed by atoms with Crippen molar-refractivity contribution in [2.75, 3.05) is 33.1 Å². The molecule has 1 aromatic heterocycles. The number of phenolic OH excluding ortho intramolecular Hbond substituents is 1. The molecule has 0 spiro atoms. The predicted octanol–water partition coefficient (Wildman–Crippen LogP) is 2.46. The minimum Gasteiger partial charge on any atom is -0.510 e. The highest BCUT2D eigenvalue weighted by molar-refractivity contribution is 6.28. The quantitative estimate of drug-likeness (QED) is 0.309. The van der Waals surface area contributed by atoms with E-state index in [4.69, 9.17) is 5.73 Å².